The summed E-state index contributed by atoms with van der Waals surface area (Å²) in [5.41, 5.74) is 8.65. The fraction of sp³-hybridized carbons (Fsp3) is 0.636. The van der Waals surface area contributed by atoms with Gasteiger partial charge in [0.25, 0.3) is 0 Å². The minimum atomic E-state index is 0.182. The van der Waals surface area contributed by atoms with Crippen LogP contribution in [0.1, 0.15) is 27.2 Å². The Labute approximate surface area is 80.9 Å². The molecule has 1 atom stereocenters. The van der Waals surface area contributed by atoms with Crippen molar-refractivity contribution in [1.29, 1.82) is 0 Å². The number of nitrogens with two attached hydrogens (primary N) is 1. The molecule has 0 aliphatic carbocycles. The Kier molecular flexibility index (Phi) is 3.55. The maximum absolute atomic E-state index is 5.96. The molecule has 74 valence electrons. The zero-order valence-corrected chi connectivity index (χ0v) is 8.80. The molecule has 2 nitrogen and oxygen atoms in total. The number of hydrogen-bond donors (Lipinski definition) is 2. The summed E-state index contributed by atoms with van der Waals surface area (Å²) in [4.78, 5) is 0. The maximum Gasteiger partial charge on any atom is 0.0357 e. The Morgan fingerprint density at radius 1 is 1.54 bits per heavy atom. The van der Waals surface area contributed by atoms with E-state index in [0.29, 0.717) is 5.92 Å². The summed E-state index contributed by atoms with van der Waals surface area (Å²) in [6.07, 6.45) is 5.29. The normalized spacial score (nSPS) is 32.2. The van der Waals surface area contributed by atoms with Gasteiger partial charge in [-0.05, 0) is 31.0 Å². The van der Waals surface area contributed by atoms with Gasteiger partial charge in [-0.15, -0.1) is 0 Å². The molecule has 0 aromatic heterocycles. The van der Waals surface area contributed by atoms with Crippen LogP contribution in [-0.4, -0.2) is 12.6 Å². The van der Waals surface area contributed by atoms with Gasteiger partial charge in [-0.3, -0.25) is 0 Å². The van der Waals surface area contributed by atoms with E-state index in [1.54, 1.807) is 0 Å². The molecule has 2 heteroatoms. The van der Waals surface area contributed by atoms with Crippen molar-refractivity contribution in [1.82, 2.24) is 5.32 Å². The van der Waals surface area contributed by atoms with Gasteiger partial charge in [-0.1, -0.05) is 25.5 Å². The van der Waals surface area contributed by atoms with Crippen LogP contribution >= 0.6 is 0 Å². The molecule has 3 N–H and O–H groups in total. The third-order valence-corrected chi connectivity index (χ3v) is 2.60. The van der Waals surface area contributed by atoms with Crippen LogP contribution in [-0.2, 0) is 0 Å². The summed E-state index contributed by atoms with van der Waals surface area (Å²) >= 11 is 0. The van der Waals surface area contributed by atoms with Crippen LogP contribution in [0.5, 0.6) is 0 Å². The van der Waals surface area contributed by atoms with Gasteiger partial charge in [0.05, 0.1) is 0 Å². The van der Waals surface area contributed by atoms with E-state index in [9.17, 15) is 0 Å². The first-order valence-corrected chi connectivity index (χ1v) is 4.96. The SMILES string of the molecule is C/C1=C/NC/C(C(C)C)=C\CC1N. The highest BCUT2D eigenvalue weighted by Gasteiger charge is 2.08. The second kappa shape index (κ2) is 4.47. The highest BCUT2D eigenvalue weighted by molar-refractivity contribution is 5.16. The third kappa shape index (κ3) is 2.88. The Morgan fingerprint density at radius 3 is 2.85 bits per heavy atom. The van der Waals surface area contributed by atoms with Crippen molar-refractivity contribution in [3.05, 3.63) is 23.4 Å². The Bertz CT molecular complexity index is 226. The minimum absolute atomic E-state index is 0.182. The molecular formula is C11H20N2. The monoisotopic (exact) mass is 180 g/mol. The molecule has 0 radical (unpaired) electrons. The van der Waals surface area contributed by atoms with Crippen molar-refractivity contribution in [2.75, 3.05) is 6.54 Å². The summed E-state index contributed by atoms with van der Waals surface area (Å²) < 4.78 is 0. The van der Waals surface area contributed by atoms with Gasteiger partial charge in [0.1, 0.15) is 0 Å². The molecule has 0 fully saturated rings. The van der Waals surface area contributed by atoms with Crippen molar-refractivity contribution < 1.29 is 0 Å². The molecule has 1 aliphatic heterocycles. The van der Waals surface area contributed by atoms with Crippen molar-refractivity contribution >= 4 is 0 Å². The van der Waals surface area contributed by atoms with Crippen molar-refractivity contribution in [2.45, 2.75) is 33.2 Å². The number of rotatable bonds is 1. The average Bonchev–Trinajstić information content (AvgIpc) is 2.06. The zero-order valence-electron chi connectivity index (χ0n) is 8.80. The first kappa shape index (κ1) is 10.3. The lowest BCUT2D eigenvalue weighted by Crippen LogP contribution is -2.26. The molecule has 0 aromatic rings. The van der Waals surface area contributed by atoms with Crippen LogP contribution in [0.4, 0.5) is 0 Å². The standard InChI is InChI=1S/C11H20N2/c1-8(2)10-4-5-11(12)9(3)6-13-7-10/h4,6,8,11,13H,5,7,12H2,1-3H3/b9-6-,10-4+. The van der Waals surface area contributed by atoms with Crippen LogP contribution in [0, 0.1) is 5.92 Å². The van der Waals surface area contributed by atoms with Crippen LogP contribution in [0.15, 0.2) is 23.4 Å². The summed E-state index contributed by atoms with van der Waals surface area (Å²) in [5, 5.41) is 3.29. The van der Waals surface area contributed by atoms with Gasteiger partial charge in [-0.2, -0.15) is 0 Å². The van der Waals surface area contributed by atoms with E-state index in [4.69, 9.17) is 5.73 Å². The predicted octanol–water partition coefficient (Wildman–Crippen LogP) is 1.79. The van der Waals surface area contributed by atoms with Crippen LogP contribution in [0.3, 0.4) is 0 Å². The molecule has 1 unspecified atom stereocenters. The molecule has 0 amide bonds. The summed E-state index contributed by atoms with van der Waals surface area (Å²) in [7, 11) is 0. The van der Waals surface area contributed by atoms with E-state index in [1.165, 1.54) is 11.1 Å². The quantitative estimate of drug-likeness (QED) is 0.604. The van der Waals surface area contributed by atoms with Gasteiger partial charge < -0.3 is 11.1 Å². The lowest BCUT2D eigenvalue weighted by Gasteiger charge is -2.18. The average molecular weight is 180 g/mol. The highest BCUT2D eigenvalue weighted by Crippen LogP contribution is 2.14. The Balaban J connectivity index is 2.66. The molecule has 1 rings (SSSR count). The van der Waals surface area contributed by atoms with Crippen LogP contribution in [0.25, 0.3) is 0 Å². The van der Waals surface area contributed by atoms with Crippen molar-refractivity contribution in [3.8, 4) is 0 Å². The zero-order chi connectivity index (χ0) is 9.84. The van der Waals surface area contributed by atoms with Gasteiger partial charge in [0, 0.05) is 12.6 Å². The van der Waals surface area contributed by atoms with Crippen LogP contribution in [0.2, 0.25) is 0 Å². The van der Waals surface area contributed by atoms with Crippen molar-refractivity contribution in [3.63, 3.8) is 0 Å². The summed E-state index contributed by atoms with van der Waals surface area (Å²) in [6, 6.07) is 0.182. The van der Waals surface area contributed by atoms with E-state index < -0.39 is 0 Å². The second-order valence-corrected chi connectivity index (χ2v) is 4.05. The molecule has 1 aliphatic rings. The molecule has 0 bridgehead atoms. The highest BCUT2D eigenvalue weighted by atomic mass is 14.8. The van der Waals surface area contributed by atoms with E-state index in [2.05, 4.69) is 32.2 Å². The summed E-state index contributed by atoms with van der Waals surface area (Å²) in [5.74, 6) is 0.617. The molecule has 0 spiro atoms. The first-order valence-electron chi connectivity index (χ1n) is 4.96. The molecule has 1 heterocycles. The Morgan fingerprint density at radius 2 is 2.23 bits per heavy atom. The molecule has 0 saturated heterocycles. The van der Waals surface area contributed by atoms with Gasteiger partial charge in [0.15, 0.2) is 0 Å². The fourth-order valence-corrected chi connectivity index (χ4v) is 1.41. The van der Waals surface area contributed by atoms with Gasteiger partial charge >= 0.3 is 0 Å². The minimum Gasteiger partial charge on any atom is -0.387 e. The summed E-state index contributed by atoms with van der Waals surface area (Å²) in [6.45, 7) is 7.47. The maximum atomic E-state index is 5.96. The Hall–Kier alpha value is -0.760. The van der Waals surface area contributed by atoms with Gasteiger partial charge in [0.2, 0.25) is 0 Å². The lowest BCUT2D eigenvalue weighted by molar-refractivity contribution is 0.677. The molecule has 0 saturated carbocycles. The largest absolute Gasteiger partial charge is 0.387 e. The van der Waals surface area contributed by atoms with E-state index in [1.807, 2.05) is 6.20 Å². The lowest BCUT2D eigenvalue weighted by atomic mass is 9.97. The molecule has 0 aromatic carbocycles. The van der Waals surface area contributed by atoms with Crippen molar-refractivity contribution in [2.24, 2.45) is 11.7 Å². The number of nitrogens with one attached hydrogen (secondary N) is 1. The smallest absolute Gasteiger partial charge is 0.0357 e. The van der Waals surface area contributed by atoms with E-state index >= 15 is 0 Å². The molecular weight excluding hydrogens is 160 g/mol. The fourth-order valence-electron chi connectivity index (χ4n) is 1.41. The van der Waals surface area contributed by atoms with E-state index in [-0.39, 0.29) is 6.04 Å². The topological polar surface area (TPSA) is 38.0 Å². The number of hydrogen-bond acceptors (Lipinski definition) is 2. The second-order valence-electron chi connectivity index (χ2n) is 4.05. The van der Waals surface area contributed by atoms with E-state index in [0.717, 1.165) is 13.0 Å². The third-order valence-electron chi connectivity index (χ3n) is 2.60. The molecule has 13 heavy (non-hydrogen) atoms. The predicted molar refractivity (Wildman–Crippen MR) is 57.3 cm³/mol. The van der Waals surface area contributed by atoms with Gasteiger partial charge in [-0.25, -0.2) is 0 Å². The van der Waals surface area contributed by atoms with Crippen LogP contribution < -0.4 is 11.1 Å². The first-order chi connectivity index (χ1) is 6.11.